The molecule has 6 heteroatoms. The fraction of sp³-hybridized carbons (Fsp3) is 0.273. The molecule has 1 aromatic heterocycles. The molecule has 28 heavy (non-hydrogen) atoms. The molecule has 2 aliphatic heterocycles. The summed E-state index contributed by atoms with van der Waals surface area (Å²) >= 11 is 0. The van der Waals surface area contributed by atoms with E-state index in [-0.39, 0.29) is 0 Å². The number of aliphatic imine (C=N–C) groups is 1. The zero-order chi connectivity index (χ0) is 18.8. The van der Waals surface area contributed by atoms with Crippen LogP contribution in [-0.2, 0) is 0 Å². The van der Waals surface area contributed by atoms with Crippen molar-refractivity contribution < 1.29 is 0 Å². The third-order valence-corrected chi connectivity index (χ3v) is 5.10. The monoisotopic (exact) mass is 370 g/mol. The molecule has 1 fully saturated rings. The lowest BCUT2D eigenvalue weighted by Gasteiger charge is -2.39. The van der Waals surface area contributed by atoms with E-state index in [2.05, 4.69) is 9.80 Å². The van der Waals surface area contributed by atoms with Gasteiger partial charge in [-0.05, 0) is 12.8 Å². The maximum atomic E-state index is 4.84. The number of anilines is 1. The number of rotatable bonds is 3. The van der Waals surface area contributed by atoms with Crippen LogP contribution in [-0.4, -0.2) is 52.0 Å². The van der Waals surface area contributed by atoms with Gasteiger partial charge < -0.3 is 4.90 Å². The highest BCUT2D eigenvalue weighted by atomic mass is 15.4. The van der Waals surface area contributed by atoms with Crippen molar-refractivity contribution in [1.82, 2.24) is 19.9 Å². The quantitative estimate of drug-likeness (QED) is 0.706. The summed E-state index contributed by atoms with van der Waals surface area (Å²) in [7, 11) is 0. The predicted octanol–water partition coefficient (Wildman–Crippen LogP) is 3.48. The predicted molar refractivity (Wildman–Crippen MR) is 111 cm³/mol. The Hall–Kier alpha value is -3.28. The first kappa shape index (κ1) is 16.9. The average molecular weight is 370 g/mol. The van der Waals surface area contributed by atoms with Crippen molar-refractivity contribution in [3.05, 3.63) is 60.7 Å². The highest BCUT2D eigenvalue weighted by molar-refractivity contribution is 5.95. The number of fused-ring (bicyclic) bond motifs is 1. The van der Waals surface area contributed by atoms with Crippen LogP contribution in [0.15, 0.2) is 65.7 Å². The van der Waals surface area contributed by atoms with E-state index in [4.69, 9.17) is 19.9 Å². The fourth-order valence-electron chi connectivity index (χ4n) is 3.74. The number of guanidine groups is 1. The van der Waals surface area contributed by atoms with Gasteiger partial charge in [-0.3, -0.25) is 9.89 Å². The number of benzene rings is 2. The zero-order valence-corrected chi connectivity index (χ0v) is 15.7. The van der Waals surface area contributed by atoms with Gasteiger partial charge in [0.15, 0.2) is 11.6 Å². The number of aromatic nitrogens is 3. The summed E-state index contributed by atoms with van der Waals surface area (Å²) < 4.78 is 0. The van der Waals surface area contributed by atoms with E-state index in [0.29, 0.717) is 17.6 Å². The van der Waals surface area contributed by atoms with Gasteiger partial charge >= 0.3 is 0 Å². The van der Waals surface area contributed by atoms with Gasteiger partial charge in [0.05, 0.1) is 0 Å². The van der Waals surface area contributed by atoms with Gasteiger partial charge in [-0.25, -0.2) is 4.98 Å². The van der Waals surface area contributed by atoms with Crippen LogP contribution in [0.1, 0.15) is 12.8 Å². The van der Waals surface area contributed by atoms with Crippen LogP contribution < -0.4 is 4.90 Å². The molecule has 0 radical (unpaired) electrons. The van der Waals surface area contributed by atoms with Crippen molar-refractivity contribution >= 4 is 11.9 Å². The summed E-state index contributed by atoms with van der Waals surface area (Å²) in [6.07, 6.45) is 2.19. The summed E-state index contributed by atoms with van der Waals surface area (Å²) in [4.78, 5) is 23.7. The van der Waals surface area contributed by atoms with Crippen LogP contribution in [0.25, 0.3) is 22.8 Å². The second-order valence-electron chi connectivity index (χ2n) is 7.04. The minimum Gasteiger partial charge on any atom is -0.342 e. The topological polar surface area (TPSA) is 57.5 Å². The van der Waals surface area contributed by atoms with E-state index in [1.807, 2.05) is 60.7 Å². The van der Waals surface area contributed by atoms with Gasteiger partial charge in [0.25, 0.3) is 0 Å². The first-order valence-corrected chi connectivity index (χ1v) is 9.82. The Bertz CT molecular complexity index is 929. The van der Waals surface area contributed by atoms with E-state index in [1.165, 1.54) is 0 Å². The highest BCUT2D eigenvalue weighted by Crippen LogP contribution is 2.25. The third-order valence-electron chi connectivity index (χ3n) is 5.10. The Labute approximate surface area is 164 Å². The summed E-state index contributed by atoms with van der Waals surface area (Å²) in [5, 5.41) is 0. The van der Waals surface area contributed by atoms with Gasteiger partial charge in [0, 0.05) is 37.3 Å². The van der Waals surface area contributed by atoms with E-state index in [0.717, 1.165) is 56.1 Å². The summed E-state index contributed by atoms with van der Waals surface area (Å²) in [6.45, 7) is 3.85. The molecule has 0 spiro atoms. The van der Waals surface area contributed by atoms with Gasteiger partial charge in [0.2, 0.25) is 11.9 Å². The van der Waals surface area contributed by atoms with Crippen LogP contribution in [0.3, 0.4) is 0 Å². The molecule has 1 saturated heterocycles. The maximum absolute atomic E-state index is 4.84. The minimum atomic E-state index is 0.679. The Morgan fingerprint density at radius 1 is 0.643 bits per heavy atom. The normalized spacial score (nSPS) is 16.5. The van der Waals surface area contributed by atoms with Crippen LogP contribution in [0, 0.1) is 0 Å². The van der Waals surface area contributed by atoms with Crippen LogP contribution in [0.4, 0.5) is 5.95 Å². The molecule has 3 aromatic rings. The molecule has 3 heterocycles. The molecule has 0 bridgehead atoms. The molecule has 5 rings (SSSR count). The van der Waals surface area contributed by atoms with Crippen molar-refractivity contribution in [2.24, 2.45) is 4.99 Å². The molecule has 2 aliphatic rings. The largest absolute Gasteiger partial charge is 0.342 e. The number of hydrogen-bond acceptors (Lipinski definition) is 6. The van der Waals surface area contributed by atoms with Crippen molar-refractivity contribution in [2.75, 3.05) is 31.1 Å². The SMILES string of the molecule is c1ccc(-c2nc(-c3ccccc3)nc(N3CCCN4CCCN=C43)n2)cc1. The van der Waals surface area contributed by atoms with E-state index in [1.54, 1.807) is 0 Å². The van der Waals surface area contributed by atoms with E-state index >= 15 is 0 Å². The number of hydrogen-bond donors (Lipinski definition) is 0. The molecular formula is C22H22N6. The van der Waals surface area contributed by atoms with Crippen LogP contribution >= 0.6 is 0 Å². The minimum absolute atomic E-state index is 0.679. The third kappa shape index (κ3) is 3.22. The summed E-state index contributed by atoms with van der Waals surface area (Å²) in [5.74, 6) is 3.07. The fourth-order valence-corrected chi connectivity index (χ4v) is 3.74. The van der Waals surface area contributed by atoms with E-state index in [9.17, 15) is 0 Å². The molecule has 0 aliphatic carbocycles. The van der Waals surface area contributed by atoms with E-state index < -0.39 is 0 Å². The van der Waals surface area contributed by atoms with Crippen molar-refractivity contribution in [1.29, 1.82) is 0 Å². The lowest BCUT2D eigenvalue weighted by Crippen LogP contribution is -2.53. The van der Waals surface area contributed by atoms with Crippen molar-refractivity contribution in [3.8, 4) is 22.8 Å². The molecular weight excluding hydrogens is 348 g/mol. The molecule has 0 N–H and O–H groups in total. The van der Waals surface area contributed by atoms with Gasteiger partial charge in [0.1, 0.15) is 0 Å². The van der Waals surface area contributed by atoms with Crippen molar-refractivity contribution in [3.63, 3.8) is 0 Å². The molecule has 0 amide bonds. The molecule has 0 saturated carbocycles. The Balaban J connectivity index is 1.64. The molecule has 2 aromatic carbocycles. The second-order valence-corrected chi connectivity index (χ2v) is 7.04. The smallest absolute Gasteiger partial charge is 0.236 e. The van der Waals surface area contributed by atoms with Crippen LogP contribution in [0.5, 0.6) is 0 Å². The lowest BCUT2D eigenvalue weighted by atomic mass is 10.2. The zero-order valence-electron chi connectivity index (χ0n) is 15.7. The molecule has 0 unspecified atom stereocenters. The summed E-state index contributed by atoms with van der Waals surface area (Å²) in [5.41, 5.74) is 1.98. The lowest BCUT2D eigenvalue weighted by molar-refractivity contribution is 0.359. The molecule has 0 atom stereocenters. The van der Waals surface area contributed by atoms with Gasteiger partial charge in [-0.2, -0.15) is 9.97 Å². The Morgan fingerprint density at radius 3 is 1.89 bits per heavy atom. The van der Waals surface area contributed by atoms with Crippen molar-refractivity contribution in [2.45, 2.75) is 12.8 Å². The standard InChI is InChI=1S/C22H22N6/c1-3-9-17(10-4-1)19-24-20(18-11-5-2-6-12-18)26-21(25-19)28-16-8-15-27-14-7-13-23-22(27)28/h1-6,9-12H,7-8,13-16H2. The first-order chi connectivity index (χ1) is 13.9. The highest BCUT2D eigenvalue weighted by Gasteiger charge is 2.29. The van der Waals surface area contributed by atoms with Gasteiger partial charge in [-0.1, -0.05) is 60.7 Å². The number of nitrogens with zero attached hydrogens (tertiary/aromatic N) is 6. The Kier molecular flexibility index (Phi) is 4.45. The second kappa shape index (κ2) is 7.38. The van der Waals surface area contributed by atoms with Gasteiger partial charge in [-0.15, -0.1) is 0 Å². The first-order valence-electron chi connectivity index (χ1n) is 9.82. The average Bonchev–Trinajstić information content (AvgIpc) is 2.79. The summed E-state index contributed by atoms with van der Waals surface area (Å²) in [6, 6.07) is 20.2. The molecule has 6 nitrogen and oxygen atoms in total. The molecule has 140 valence electrons. The Morgan fingerprint density at radius 2 is 1.25 bits per heavy atom. The maximum Gasteiger partial charge on any atom is 0.236 e. The van der Waals surface area contributed by atoms with Crippen LogP contribution in [0.2, 0.25) is 0 Å².